The van der Waals surface area contributed by atoms with Crippen LogP contribution in [0.25, 0.3) is 0 Å². The average molecular weight is 241 g/mol. The second-order valence-electron chi connectivity index (χ2n) is 4.01. The van der Waals surface area contributed by atoms with Crippen LogP contribution in [0.15, 0.2) is 0 Å². The van der Waals surface area contributed by atoms with Crippen molar-refractivity contribution >= 4 is 22.4 Å². The van der Waals surface area contributed by atoms with Crippen LogP contribution in [0.3, 0.4) is 0 Å². The molecule has 1 saturated heterocycles. The lowest BCUT2D eigenvalue weighted by Crippen LogP contribution is -2.42. The number of rotatable bonds is 1. The molecule has 0 aromatic carbocycles. The number of carbonyl (C=O) groups excluding carboxylic acids is 1. The molecule has 1 aromatic rings. The molecule has 1 atom stereocenters. The summed E-state index contributed by atoms with van der Waals surface area (Å²) in [4.78, 5) is 18.4. The monoisotopic (exact) mass is 241 g/mol. The molecule has 1 fully saturated rings. The van der Waals surface area contributed by atoms with E-state index in [1.54, 1.807) is 11.8 Å². The Hall–Kier alpha value is -1.14. The van der Waals surface area contributed by atoms with E-state index in [1.807, 2.05) is 0 Å². The summed E-state index contributed by atoms with van der Waals surface area (Å²) in [6.07, 6.45) is 1.22. The van der Waals surface area contributed by atoms with Crippen LogP contribution >= 0.6 is 11.3 Å². The van der Waals surface area contributed by atoms with Crippen LogP contribution in [0, 0.1) is 6.92 Å². The molecule has 5 nitrogen and oxygen atoms in total. The number of amides is 1. The summed E-state index contributed by atoms with van der Waals surface area (Å²) < 4.78 is 0. The lowest BCUT2D eigenvalue weighted by Gasteiger charge is -2.29. The Morgan fingerprint density at radius 2 is 2.44 bits per heavy atom. The Labute approximate surface area is 97.9 Å². The molecule has 88 valence electrons. The molecule has 1 aromatic heterocycles. The van der Waals surface area contributed by atoms with Crippen molar-refractivity contribution in [3.05, 3.63) is 10.6 Å². The fraction of sp³-hybridized carbons (Fsp3) is 0.600. The van der Waals surface area contributed by atoms with Crippen LogP contribution in [0.5, 0.6) is 0 Å². The molecule has 0 unspecified atom stereocenters. The molecule has 1 amide bonds. The number of carbonyl (C=O) groups is 1. The summed E-state index contributed by atoms with van der Waals surface area (Å²) in [5.74, 6) is -0.0644. The van der Waals surface area contributed by atoms with Gasteiger partial charge in [-0.05, 0) is 19.8 Å². The number of hydrogen-bond donors (Lipinski definition) is 2. The minimum absolute atomic E-state index is 0.0644. The number of anilines is 1. The molecule has 0 bridgehead atoms. The highest BCUT2D eigenvalue weighted by Gasteiger charge is 2.25. The zero-order valence-corrected chi connectivity index (χ0v) is 9.96. The number of aromatic nitrogens is 1. The molecule has 0 spiro atoms. The van der Waals surface area contributed by atoms with Crippen LogP contribution in [0.1, 0.15) is 28.2 Å². The molecule has 16 heavy (non-hydrogen) atoms. The van der Waals surface area contributed by atoms with Crippen molar-refractivity contribution in [3.63, 3.8) is 0 Å². The molecular formula is C10H15N3O2S. The van der Waals surface area contributed by atoms with E-state index < -0.39 is 6.10 Å². The number of nitrogen functional groups attached to an aromatic ring is 1. The number of β-amino-alcohol motifs (C(OH)–C–C–N with tert-alkyl or cyclic N) is 1. The van der Waals surface area contributed by atoms with Crippen LogP contribution in [0.4, 0.5) is 5.13 Å². The van der Waals surface area contributed by atoms with Gasteiger partial charge < -0.3 is 15.7 Å². The fourth-order valence-corrected chi connectivity index (χ4v) is 2.70. The summed E-state index contributed by atoms with van der Waals surface area (Å²) in [5.41, 5.74) is 6.24. The first-order chi connectivity index (χ1) is 7.58. The number of aliphatic hydroxyl groups excluding tert-OH is 1. The van der Waals surface area contributed by atoms with Gasteiger partial charge in [-0.15, -0.1) is 0 Å². The minimum atomic E-state index is -0.400. The van der Waals surface area contributed by atoms with Gasteiger partial charge in [0.25, 0.3) is 5.91 Å². The Balaban J connectivity index is 2.15. The van der Waals surface area contributed by atoms with Gasteiger partial charge in [-0.3, -0.25) is 4.79 Å². The zero-order chi connectivity index (χ0) is 11.7. The molecule has 1 aliphatic rings. The lowest BCUT2D eigenvalue weighted by molar-refractivity contribution is 0.0477. The van der Waals surface area contributed by atoms with Crippen molar-refractivity contribution in [3.8, 4) is 0 Å². The number of hydrogen-bond acceptors (Lipinski definition) is 5. The standard InChI is InChI=1S/C10H15N3O2S/c1-6-8(16-10(11)12-6)9(15)13-4-2-3-7(14)5-13/h7,14H,2-5H2,1H3,(H2,11,12)/t7-/m0/s1. The molecular weight excluding hydrogens is 226 g/mol. The third kappa shape index (κ3) is 2.17. The first-order valence-electron chi connectivity index (χ1n) is 5.28. The number of aliphatic hydroxyl groups is 1. The fourth-order valence-electron chi connectivity index (χ4n) is 1.90. The largest absolute Gasteiger partial charge is 0.391 e. The van der Waals surface area contributed by atoms with Crippen LogP contribution in [-0.4, -0.2) is 40.1 Å². The predicted octanol–water partition coefficient (Wildman–Crippen LogP) is 0.631. The van der Waals surface area contributed by atoms with Crippen molar-refractivity contribution in [2.75, 3.05) is 18.8 Å². The SMILES string of the molecule is Cc1nc(N)sc1C(=O)N1CCC[C@H](O)C1. The minimum Gasteiger partial charge on any atom is -0.391 e. The van der Waals surface area contributed by atoms with Gasteiger partial charge in [0.05, 0.1) is 11.8 Å². The maximum atomic E-state index is 12.1. The molecule has 2 heterocycles. The van der Waals surface area contributed by atoms with Crippen LogP contribution in [0.2, 0.25) is 0 Å². The average Bonchev–Trinajstić information content (AvgIpc) is 2.57. The first-order valence-corrected chi connectivity index (χ1v) is 6.10. The van der Waals surface area contributed by atoms with Gasteiger partial charge in [0, 0.05) is 13.1 Å². The van der Waals surface area contributed by atoms with E-state index in [-0.39, 0.29) is 5.91 Å². The third-order valence-corrected chi connectivity index (χ3v) is 3.67. The third-order valence-electron chi connectivity index (χ3n) is 2.69. The van der Waals surface area contributed by atoms with E-state index in [1.165, 1.54) is 11.3 Å². The van der Waals surface area contributed by atoms with Gasteiger partial charge in [0.15, 0.2) is 5.13 Å². The van der Waals surface area contributed by atoms with Crippen molar-refractivity contribution in [2.24, 2.45) is 0 Å². The van der Waals surface area contributed by atoms with Gasteiger partial charge in [-0.1, -0.05) is 11.3 Å². The number of aryl methyl sites for hydroxylation is 1. The maximum Gasteiger partial charge on any atom is 0.266 e. The molecule has 6 heteroatoms. The second-order valence-corrected chi connectivity index (χ2v) is 5.04. The molecule has 0 radical (unpaired) electrons. The van der Waals surface area contributed by atoms with Gasteiger partial charge in [0.2, 0.25) is 0 Å². The second kappa shape index (κ2) is 4.39. The topological polar surface area (TPSA) is 79.5 Å². The Bertz CT molecular complexity index is 405. The molecule has 3 N–H and O–H groups in total. The van der Waals surface area contributed by atoms with Crippen molar-refractivity contribution in [1.29, 1.82) is 0 Å². The number of piperidine rings is 1. The van der Waals surface area contributed by atoms with Gasteiger partial charge in [-0.2, -0.15) is 0 Å². The van der Waals surface area contributed by atoms with Crippen LogP contribution in [-0.2, 0) is 0 Å². The zero-order valence-electron chi connectivity index (χ0n) is 9.14. The Morgan fingerprint density at radius 1 is 1.69 bits per heavy atom. The number of likely N-dealkylation sites (tertiary alicyclic amines) is 1. The summed E-state index contributed by atoms with van der Waals surface area (Å²) in [5, 5.41) is 9.93. The van der Waals surface area contributed by atoms with Gasteiger partial charge in [-0.25, -0.2) is 4.98 Å². The highest BCUT2D eigenvalue weighted by atomic mass is 32.1. The highest BCUT2D eigenvalue weighted by Crippen LogP contribution is 2.23. The summed E-state index contributed by atoms with van der Waals surface area (Å²) in [6.45, 7) is 2.89. The summed E-state index contributed by atoms with van der Waals surface area (Å²) in [7, 11) is 0. The van der Waals surface area contributed by atoms with Crippen LogP contribution < -0.4 is 5.73 Å². The highest BCUT2D eigenvalue weighted by molar-refractivity contribution is 7.17. The van der Waals surface area contributed by atoms with E-state index in [0.717, 1.165) is 12.8 Å². The van der Waals surface area contributed by atoms with Gasteiger partial charge in [0.1, 0.15) is 4.88 Å². The summed E-state index contributed by atoms with van der Waals surface area (Å²) >= 11 is 1.21. The Morgan fingerprint density at radius 3 is 3.00 bits per heavy atom. The number of thiazole rings is 1. The van der Waals surface area contributed by atoms with E-state index in [2.05, 4.69) is 4.98 Å². The number of nitrogens with zero attached hydrogens (tertiary/aromatic N) is 2. The molecule has 0 saturated carbocycles. The molecule has 0 aliphatic carbocycles. The number of nitrogens with two attached hydrogens (primary N) is 1. The van der Waals surface area contributed by atoms with Gasteiger partial charge >= 0.3 is 0 Å². The lowest BCUT2D eigenvalue weighted by atomic mass is 10.1. The quantitative estimate of drug-likeness (QED) is 0.756. The van der Waals surface area contributed by atoms with E-state index in [9.17, 15) is 9.90 Å². The summed E-state index contributed by atoms with van der Waals surface area (Å²) in [6, 6.07) is 0. The first kappa shape index (κ1) is 11.3. The normalized spacial score (nSPS) is 21.1. The maximum absolute atomic E-state index is 12.1. The van der Waals surface area contributed by atoms with E-state index in [0.29, 0.717) is 28.8 Å². The van der Waals surface area contributed by atoms with E-state index in [4.69, 9.17) is 5.73 Å². The van der Waals surface area contributed by atoms with Crippen molar-refractivity contribution in [2.45, 2.75) is 25.9 Å². The Kier molecular flexibility index (Phi) is 3.11. The molecule has 1 aliphatic heterocycles. The van der Waals surface area contributed by atoms with Crippen molar-refractivity contribution in [1.82, 2.24) is 9.88 Å². The van der Waals surface area contributed by atoms with Crippen molar-refractivity contribution < 1.29 is 9.90 Å². The smallest absolute Gasteiger partial charge is 0.266 e. The van der Waals surface area contributed by atoms with E-state index >= 15 is 0 Å². The predicted molar refractivity (Wildman–Crippen MR) is 62.4 cm³/mol. The molecule has 2 rings (SSSR count).